The van der Waals surface area contributed by atoms with Crippen molar-refractivity contribution >= 4 is 51.9 Å². The highest BCUT2D eigenvalue weighted by Gasteiger charge is 2.31. The molecule has 8 heteroatoms. The van der Waals surface area contributed by atoms with Crippen molar-refractivity contribution in [2.45, 2.75) is 12.8 Å². The van der Waals surface area contributed by atoms with Gasteiger partial charge in [0.2, 0.25) is 5.91 Å². The highest BCUT2D eigenvalue weighted by Crippen LogP contribution is 2.33. The quantitative estimate of drug-likeness (QED) is 0.485. The van der Waals surface area contributed by atoms with E-state index in [4.69, 9.17) is 21.7 Å². The minimum absolute atomic E-state index is 0.124. The molecule has 3 rings (SSSR count). The lowest BCUT2D eigenvalue weighted by molar-refractivity contribution is -0.122. The summed E-state index contributed by atoms with van der Waals surface area (Å²) < 4.78 is 10.9. The number of nitrogens with one attached hydrogen (secondary N) is 1. The van der Waals surface area contributed by atoms with Gasteiger partial charge < -0.3 is 14.8 Å². The van der Waals surface area contributed by atoms with E-state index in [2.05, 4.69) is 5.32 Å². The smallest absolute Gasteiger partial charge is 0.266 e. The summed E-state index contributed by atoms with van der Waals surface area (Å²) in [6.45, 7) is 0.394. The van der Waals surface area contributed by atoms with Gasteiger partial charge in [-0.2, -0.15) is 0 Å². The third kappa shape index (κ3) is 5.61. The maximum atomic E-state index is 12.7. The lowest BCUT2D eigenvalue weighted by Gasteiger charge is -2.14. The normalized spacial score (nSPS) is 14.9. The number of anilines is 1. The summed E-state index contributed by atoms with van der Waals surface area (Å²) in [7, 11) is 3.18. The largest absolute Gasteiger partial charge is 0.497 e. The van der Waals surface area contributed by atoms with E-state index < -0.39 is 0 Å². The van der Waals surface area contributed by atoms with Crippen molar-refractivity contribution in [2.24, 2.45) is 0 Å². The molecule has 6 nitrogen and oxygen atoms in total. The van der Waals surface area contributed by atoms with E-state index in [9.17, 15) is 9.59 Å². The first kappa shape index (κ1) is 21.9. The lowest BCUT2D eigenvalue weighted by atomic mass is 10.2. The van der Waals surface area contributed by atoms with Crippen molar-refractivity contribution < 1.29 is 19.1 Å². The molecule has 0 atom stereocenters. The zero-order valence-electron chi connectivity index (χ0n) is 16.7. The number of hydrogen-bond donors (Lipinski definition) is 1. The minimum Gasteiger partial charge on any atom is -0.497 e. The zero-order valence-corrected chi connectivity index (χ0v) is 18.3. The van der Waals surface area contributed by atoms with E-state index in [0.29, 0.717) is 33.6 Å². The molecule has 0 aliphatic carbocycles. The Morgan fingerprint density at radius 2 is 1.83 bits per heavy atom. The van der Waals surface area contributed by atoms with Crippen molar-refractivity contribution in [2.75, 3.05) is 26.1 Å². The summed E-state index contributed by atoms with van der Waals surface area (Å²) in [4.78, 5) is 27.0. The summed E-state index contributed by atoms with van der Waals surface area (Å²) in [5, 5.41) is 2.83. The molecule has 0 radical (unpaired) electrons. The van der Waals surface area contributed by atoms with Gasteiger partial charge in [-0.05, 0) is 42.3 Å². The van der Waals surface area contributed by atoms with Gasteiger partial charge in [0, 0.05) is 24.7 Å². The molecule has 2 amide bonds. The first-order valence-corrected chi connectivity index (χ1v) is 10.6. The van der Waals surface area contributed by atoms with Crippen LogP contribution in [0.2, 0.25) is 0 Å². The van der Waals surface area contributed by atoms with Gasteiger partial charge in [0.1, 0.15) is 15.8 Å². The van der Waals surface area contributed by atoms with Gasteiger partial charge in [-0.15, -0.1) is 0 Å². The maximum Gasteiger partial charge on any atom is 0.266 e. The Hall–Kier alpha value is -2.84. The Morgan fingerprint density at radius 3 is 2.57 bits per heavy atom. The Bertz CT molecular complexity index is 991. The molecule has 1 heterocycles. The standard InChI is InChI=1S/C22H22N2O4S2/c1-27-17-8-3-6-15(12-17)13-19-21(26)24(22(29)30-19)11-5-10-20(25)23-16-7-4-9-18(14-16)28-2/h3-4,6-9,12-14H,5,10-11H2,1-2H3,(H,23,25)/b19-13-. The number of nitrogens with zero attached hydrogens (tertiary/aromatic N) is 1. The Labute approximate surface area is 185 Å². The third-order valence-corrected chi connectivity index (χ3v) is 5.78. The van der Waals surface area contributed by atoms with Crippen LogP contribution in [-0.2, 0) is 9.59 Å². The molecule has 1 aliphatic rings. The Kier molecular flexibility index (Phi) is 7.48. The fourth-order valence-electron chi connectivity index (χ4n) is 2.90. The molecule has 0 unspecified atom stereocenters. The van der Waals surface area contributed by atoms with Crippen LogP contribution in [0.3, 0.4) is 0 Å². The fourth-order valence-corrected chi connectivity index (χ4v) is 4.21. The highest BCUT2D eigenvalue weighted by atomic mass is 32.2. The predicted molar refractivity (Wildman–Crippen MR) is 124 cm³/mol. The number of hydrogen-bond acceptors (Lipinski definition) is 6. The van der Waals surface area contributed by atoms with Crippen molar-refractivity contribution in [1.82, 2.24) is 4.90 Å². The molecule has 0 bridgehead atoms. The lowest BCUT2D eigenvalue weighted by Crippen LogP contribution is -2.29. The molecule has 1 fully saturated rings. The molecule has 30 heavy (non-hydrogen) atoms. The van der Waals surface area contributed by atoms with Gasteiger partial charge >= 0.3 is 0 Å². The van der Waals surface area contributed by atoms with Crippen LogP contribution in [-0.4, -0.2) is 41.8 Å². The molecule has 156 valence electrons. The van der Waals surface area contributed by atoms with Crippen molar-refractivity contribution in [3.63, 3.8) is 0 Å². The van der Waals surface area contributed by atoms with E-state index in [0.717, 1.165) is 11.3 Å². The topological polar surface area (TPSA) is 67.9 Å². The summed E-state index contributed by atoms with van der Waals surface area (Å²) >= 11 is 6.63. The Morgan fingerprint density at radius 1 is 1.13 bits per heavy atom. The molecule has 0 spiro atoms. The second kappa shape index (κ2) is 10.3. The monoisotopic (exact) mass is 442 g/mol. The number of amides is 2. The van der Waals surface area contributed by atoms with Gasteiger partial charge in [-0.3, -0.25) is 14.5 Å². The molecule has 2 aromatic carbocycles. The zero-order chi connectivity index (χ0) is 21.5. The summed E-state index contributed by atoms with van der Waals surface area (Å²) in [5.41, 5.74) is 1.54. The van der Waals surface area contributed by atoms with Gasteiger partial charge in [0.15, 0.2) is 0 Å². The summed E-state index contributed by atoms with van der Waals surface area (Å²) in [6, 6.07) is 14.6. The number of benzene rings is 2. The van der Waals surface area contributed by atoms with Crippen LogP contribution >= 0.6 is 24.0 Å². The second-order valence-electron chi connectivity index (χ2n) is 6.49. The van der Waals surface area contributed by atoms with Gasteiger partial charge in [-0.25, -0.2) is 0 Å². The van der Waals surface area contributed by atoms with E-state index in [-0.39, 0.29) is 18.2 Å². The molecule has 2 aromatic rings. The molecule has 1 aliphatic heterocycles. The van der Waals surface area contributed by atoms with E-state index >= 15 is 0 Å². The van der Waals surface area contributed by atoms with E-state index in [1.165, 1.54) is 11.8 Å². The minimum atomic E-state index is -0.138. The molecule has 0 aromatic heterocycles. The summed E-state index contributed by atoms with van der Waals surface area (Å²) in [6.07, 6.45) is 2.59. The van der Waals surface area contributed by atoms with Crippen LogP contribution in [0.15, 0.2) is 53.4 Å². The number of carbonyl (C=O) groups is 2. The SMILES string of the molecule is COc1cccc(/C=C2\SC(=S)N(CCCC(=O)Nc3cccc(OC)c3)C2=O)c1. The van der Waals surface area contributed by atoms with Crippen LogP contribution in [0, 0.1) is 0 Å². The second-order valence-corrected chi connectivity index (χ2v) is 8.17. The summed E-state index contributed by atoms with van der Waals surface area (Å²) in [5.74, 6) is 1.14. The van der Waals surface area contributed by atoms with Gasteiger partial charge in [0.05, 0.1) is 19.1 Å². The van der Waals surface area contributed by atoms with E-state index in [1.807, 2.05) is 36.4 Å². The molecular formula is C22H22N2O4S2. The van der Waals surface area contributed by atoms with Crippen molar-refractivity contribution in [1.29, 1.82) is 0 Å². The Balaban J connectivity index is 1.54. The number of rotatable bonds is 8. The highest BCUT2D eigenvalue weighted by molar-refractivity contribution is 8.26. The van der Waals surface area contributed by atoms with Crippen LogP contribution in [0.1, 0.15) is 18.4 Å². The molecular weight excluding hydrogens is 420 g/mol. The number of thioether (sulfide) groups is 1. The molecule has 1 saturated heterocycles. The number of ether oxygens (including phenoxy) is 2. The van der Waals surface area contributed by atoms with Crippen LogP contribution in [0.5, 0.6) is 11.5 Å². The maximum absolute atomic E-state index is 12.7. The average Bonchev–Trinajstić information content (AvgIpc) is 3.01. The van der Waals surface area contributed by atoms with Crippen LogP contribution in [0.25, 0.3) is 6.08 Å². The third-order valence-electron chi connectivity index (χ3n) is 4.40. The average molecular weight is 443 g/mol. The first-order chi connectivity index (χ1) is 14.5. The number of methoxy groups -OCH3 is 2. The molecule has 0 saturated carbocycles. The van der Waals surface area contributed by atoms with Crippen molar-refractivity contribution in [3.8, 4) is 11.5 Å². The first-order valence-electron chi connectivity index (χ1n) is 9.33. The van der Waals surface area contributed by atoms with E-state index in [1.54, 1.807) is 37.3 Å². The molecule has 1 N–H and O–H groups in total. The van der Waals surface area contributed by atoms with Crippen LogP contribution in [0.4, 0.5) is 5.69 Å². The number of thiocarbonyl (C=S) groups is 1. The van der Waals surface area contributed by atoms with Crippen LogP contribution < -0.4 is 14.8 Å². The van der Waals surface area contributed by atoms with Crippen molar-refractivity contribution in [3.05, 3.63) is 59.0 Å². The van der Waals surface area contributed by atoms with Gasteiger partial charge in [0.25, 0.3) is 5.91 Å². The van der Waals surface area contributed by atoms with Gasteiger partial charge in [-0.1, -0.05) is 42.2 Å². The number of carbonyl (C=O) groups excluding carboxylic acids is 2. The fraction of sp³-hybridized carbons (Fsp3) is 0.227. The predicted octanol–water partition coefficient (Wildman–Crippen LogP) is 4.32.